The Morgan fingerprint density at radius 3 is 2.95 bits per heavy atom. The summed E-state index contributed by atoms with van der Waals surface area (Å²) >= 11 is 3.39. The van der Waals surface area contributed by atoms with Crippen molar-refractivity contribution in [3.05, 3.63) is 34.6 Å². The fourth-order valence-electron chi connectivity index (χ4n) is 1.59. The van der Waals surface area contributed by atoms with Gasteiger partial charge in [-0.25, -0.2) is 0 Å². The van der Waals surface area contributed by atoms with Crippen molar-refractivity contribution in [1.82, 2.24) is 15.5 Å². The molecular weight excluding hydrogens is 322 g/mol. The van der Waals surface area contributed by atoms with E-state index in [9.17, 15) is 4.79 Å². The largest absolute Gasteiger partial charge is 0.419 e. The van der Waals surface area contributed by atoms with E-state index in [2.05, 4.69) is 31.4 Å². The van der Waals surface area contributed by atoms with Crippen molar-refractivity contribution in [2.75, 3.05) is 0 Å². The molecule has 2 rings (SSSR count). The van der Waals surface area contributed by atoms with E-state index in [0.717, 1.165) is 16.5 Å². The van der Waals surface area contributed by atoms with Gasteiger partial charge in [0.25, 0.3) is 0 Å². The molecule has 0 unspecified atom stereocenters. The highest BCUT2D eigenvalue weighted by atomic mass is 79.9. The first-order valence-corrected chi connectivity index (χ1v) is 7.25. The molecule has 0 saturated heterocycles. The highest BCUT2D eigenvalue weighted by Crippen LogP contribution is 2.21. The number of halogens is 1. The molecule has 0 aliphatic heterocycles. The second-order valence-electron chi connectivity index (χ2n) is 4.54. The van der Waals surface area contributed by atoms with E-state index in [0.29, 0.717) is 11.8 Å². The number of nitrogens with zero attached hydrogens (tertiary/aromatic N) is 2. The number of rotatable bonds is 5. The van der Waals surface area contributed by atoms with Crippen molar-refractivity contribution in [2.45, 2.75) is 26.8 Å². The van der Waals surface area contributed by atoms with Gasteiger partial charge in [-0.15, -0.1) is 10.2 Å². The van der Waals surface area contributed by atoms with Crippen molar-refractivity contribution >= 4 is 21.8 Å². The predicted octanol–water partition coefficient (Wildman–Crippen LogP) is 3.16. The monoisotopic (exact) mass is 337 g/mol. The molecule has 0 radical (unpaired) electrons. The summed E-state index contributed by atoms with van der Waals surface area (Å²) in [6.45, 7) is 4.11. The van der Waals surface area contributed by atoms with Crippen LogP contribution in [-0.4, -0.2) is 16.1 Å². The van der Waals surface area contributed by atoms with Crippen molar-refractivity contribution in [3.63, 3.8) is 0 Å². The zero-order valence-electron chi connectivity index (χ0n) is 11.4. The van der Waals surface area contributed by atoms with Gasteiger partial charge in [-0.3, -0.25) is 4.79 Å². The van der Waals surface area contributed by atoms with Crippen molar-refractivity contribution < 1.29 is 9.21 Å². The standard InChI is InChI=1S/C14H16BrN3O2/c1-3-9(2)13(19)16-8-12-17-18-14(20-12)10-5-4-6-11(15)7-10/h4-7,9H,3,8H2,1-2H3,(H,16,19)/t9-/m1/s1. The number of hydrogen-bond acceptors (Lipinski definition) is 4. The van der Waals surface area contributed by atoms with Crippen LogP contribution in [0, 0.1) is 5.92 Å². The van der Waals surface area contributed by atoms with Gasteiger partial charge in [0.15, 0.2) is 0 Å². The minimum absolute atomic E-state index is 0.00490. The molecule has 0 aliphatic carbocycles. The van der Waals surface area contributed by atoms with Crippen LogP contribution in [0.4, 0.5) is 0 Å². The predicted molar refractivity (Wildman–Crippen MR) is 78.7 cm³/mol. The third-order valence-electron chi connectivity index (χ3n) is 3.01. The second kappa shape index (κ2) is 6.65. The van der Waals surface area contributed by atoms with Crippen LogP contribution in [0.25, 0.3) is 11.5 Å². The van der Waals surface area contributed by atoms with Gasteiger partial charge in [0, 0.05) is 16.0 Å². The first-order valence-electron chi connectivity index (χ1n) is 6.46. The maximum Gasteiger partial charge on any atom is 0.247 e. The summed E-state index contributed by atoms with van der Waals surface area (Å²) in [5, 5.41) is 10.7. The fourth-order valence-corrected chi connectivity index (χ4v) is 1.98. The number of benzene rings is 1. The van der Waals surface area contributed by atoms with E-state index in [4.69, 9.17) is 4.42 Å². The molecule has 106 valence electrons. The molecule has 1 N–H and O–H groups in total. The van der Waals surface area contributed by atoms with Crippen LogP contribution in [0.5, 0.6) is 0 Å². The van der Waals surface area contributed by atoms with Gasteiger partial charge < -0.3 is 9.73 Å². The molecule has 6 heteroatoms. The normalized spacial score (nSPS) is 12.2. The number of amides is 1. The Morgan fingerprint density at radius 1 is 1.45 bits per heavy atom. The molecule has 0 spiro atoms. The highest BCUT2D eigenvalue weighted by molar-refractivity contribution is 9.10. The number of nitrogens with one attached hydrogen (secondary N) is 1. The van der Waals surface area contributed by atoms with Gasteiger partial charge in [-0.1, -0.05) is 35.8 Å². The van der Waals surface area contributed by atoms with E-state index in [1.807, 2.05) is 38.1 Å². The molecule has 1 aromatic heterocycles. The summed E-state index contributed by atoms with van der Waals surface area (Å²) in [7, 11) is 0. The SMILES string of the molecule is CC[C@@H](C)C(=O)NCc1nnc(-c2cccc(Br)c2)o1. The number of carbonyl (C=O) groups is 1. The topological polar surface area (TPSA) is 68.0 Å². The molecule has 1 atom stereocenters. The number of hydrogen-bond donors (Lipinski definition) is 1. The molecule has 0 saturated carbocycles. The summed E-state index contributed by atoms with van der Waals surface area (Å²) in [5.41, 5.74) is 0.839. The Labute approximate surface area is 125 Å². The van der Waals surface area contributed by atoms with Gasteiger partial charge in [0.2, 0.25) is 17.7 Å². The molecule has 1 aromatic carbocycles. The lowest BCUT2D eigenvalue weighted by molar-refractivity contribution is -0.124. The van der Waals surface area contributed by atoms with Crippen LogP contribution < -0.4 is 5.32 Å². The molecule has 1 heterocycles. The molecule has 0 fully saturated rings. The Hall–Kier alpha value is -1.69. The van der Waals surface area contributed by atoms with Gasteiger partial charge in [-0.2, -0.15) is 0 Å². The van der Waals surface area contributed by atoms with Gasteiger partial charge >= 0.3 is 0 Å². The van der Waals surface area contributed by atoms with Crippen LogP contribution >= 0.6 is 15.9 Å². The van der Waals surface area contributed by atoms with E-state index < -0.39 is 0 Å². The van der Waals surface area contributed by atoms with E-state index >= 15 is 0 Å². The van der Waals surface area contributed by atoms with Crippen LogP contribution in [0.15, 0.2) is 33.2 Å². The summed E-state index contributed by atoms with van der Waals surface area (Å²) in [6.07, 6.45) is 0.805. The summed E-state index contributed by atoms with van der Waals surface area (Å²) in [5.74, 6) is 0.827. The summed E-state index contributed by atoms with van der Waals surface area (Å²) in [4.78, 5) is 11.7. The third-order valence-corrected chi connectivity index (χ3v) is 3.51. The Kier molecular flexibility index (Phi) is 4.89. The lowest BCUT2D eigenvalue weighted by Gasteiger charge is -2.07. The summed E-state index contributed by atoms with van der Waals surface area (Å²) in [6, 6.07) is 7.61. The molecule has 5 nitrogen and oxygen atoms in total. The van der Waals surface area contributed by atoms with Gasteiger partial charge in [0.1, 0.15) is 0 Å². The Morgan fingerprint density at radius 2 is 2.25 bits per heavy atom. The van der Waals surface area contributed by atoms with Crippen LogP contribution in [-0.2, 0) is 11.3 Å². The first-order chi connectivity index (χ1) is 9.60. The molecule has 20 heavy (non-hydrogen) atoms. The molecule has 2 aromatic rings. The average molecular weight is 338 g/mol. The quantitative estimate of drug-likeness (QED) is 0.909. The fraction of sp³-hybridized carbons (Fsp3) is 0.357. The van der Waals surface area contributed by atoms with Crippen molar-refractivity contribution in [2.24, 2.45) is 5.92 Å². The lowest BCUT2D eigenvalue weighted by atomic mass is 10.1. The smallest absolute Gasteiger partial charge is 0.247 e. The molecule has 0 bridgehead atoms. The number of carbonyl (C=O) groups excluding carboxylic acids is 1. The van der Waals surface area contributed by atoms with Crippen molar-refractivity contribution in [3.8, 4) is 11.5 Å². The average Bonchev–Trinajstić information content (AvgIpc) is 2.92. The van der Waals surface area contributed by atoms with E-state index in [1.165, 1.54) is 0 Å². The van der Waals surface area contributed by atoms with E-state index in [-0.39, 0.29) is 18.4 Å². The van der Waals surface area contributed by atoms with Gasteiger partial charge in [-0.05, 0) is 24.6 Å². The maximum absolute atomic E-state index is 11.7. The Balaban J connectivity index is 2.01. The van der Waals surface area contributed by atoms with Crippen LogP contribution in [0.2, 0.25) is 0 Å². The van der Waals surface area contributed by atoms with Crippen LogP contribution in [0.1, 0.15) is 26.2 Å². The highest BCUT2D eigenvalue weighted by Gasteiger charge is 2.13. The van der Waals surface area contributed by atoms with Gasteiger partial charge in [0.05, 0.1) is 6.54 Å². The zero-order valence-corrected chi connectivity index (χ0v) is 13.0. The lowest BCUT2D eigenvalue weighted by Crippen LogP contribution is -2.28. The summed E-state index contributed by atoms with van der Waals surface area (Å²) < 4.78 is 6.47. The number of aromatic nitrogens is 2. The minimum Gasteiger partial charge on any atom is -0.419 e. The van der Waals surface area contributed by atoms with E-state index in [1.54, 1.807) is 0 Å². The first kappa shape index (κ1) is 14.7. The van der Waals surface area contributed by atoms with Crippen LogP contribution in [0.3, 0.4) is 0 Å². The molecule has 1 amide bonds. The third kappa shape index (κ3) is 3.66. The molecular formula is C14H16BrN3O2. The zero-order chi connectivity index (χ0) is 14.5. The molecule has 0 aliphatic rings. The maximum atomic E-state index is 11.7. The Bertz CT molecular complexity index is 598. The van der Waals surface area contributed by atoms with Crippen molar-refractivity contribution in [1.29, 1.82) is 0 Å². The minimum atomic E-state index is -0.0116. The second-order valence-corrected chi connectivity index (χ2v) is 5.45.